The van der Waals surface area contributed by atoms with Crippen molar-refractivity contribution < 1.29 is 4.79 Å². The number of rotatable bonds is 3. The number of nitrogens with zero attached hydrogens (tertiary/aromatic N) is 2. The molecule has 0 radical (unpaired) electrons. The second kappa shape index (κ2) is 6.57. The fraction of sp³-hybridized carbons (Fsp3) is 0.615. The molecule has 1 heterocycles. The lowest BCUT2D eigenvalue weighted by atomic mass is 9.86. The average molecular weight is 300 g/mol. The summed E-state index contributed by atoms with van der Waals surface area (Å²) in [4.78, 5) is 20.5. The van der Waals surface area contributed by atoms with E-state index in [4.69, 9.17) is 11.6 Å². The van der Waals surface area contributed by atoms with Crippen molar-refractivity contribution in [2.24, 2.45) is 5.92 Å². The van der Waals surface area contributed by atoms with Crippen LogP contribution >= 0.6 is 23.4 Å². The Morgan fingerprint density at radius 2 is 2.21 bits per heavy atom. The van der Waals surface area contributed by atoms with Gasteiger partial charge in [-0.1, -0.05) is 43.1 Å². The van der Waals surface area contributed by atoms with E-state index in [9.17, 15) is 4.79 Å². The predicted octanol–water partition coefficient (Wildman–Crippen LogP) is 3.16. The van der Waals surface area contributed by atoms with Crippen LogP contribution in [0.4, 0.5) is 0 Å². The minimum atomic E-state index is -0.193. The van der Waals surface area contributed by atoms with Crippen molar-refractivity contribution in [2.45, 2.75) is 43.8 Å². The highest BCUT2D eigenvalue weighted by molar-refractivity contribution is 7.98. The maximum absolute atomic E-state index is 12.3. The minimum absolute atomic E-state index is 0.193. The Labute approximate surface area is 122 Å². The average Bonchev–Trinajstić information content (AvgIpc) is 2.42. The summed E-state index contributed by atoms with van der Waals surface area (Å²) in [5.74, 6) is 0.319. The molecule has 0 saturated heterocycles. The molecule has 1 fully saturated rings. The van der Waals surface area contributed by atoms with Crippen LogP contribution in [0.3, 0.4) is 0 Å². The van der Waals surface area contributed by atoms with Gasteiger partial charge in [0.25, 0.3) is 5.91 Å². The number of carbonyl (C=O) groups excluding carboxylic acids is 1. The third-order valence-electron chi connectivity index (χ3n) is 3.55. The minimum Gasteiger partial charge on any atom is -0.348 e. The largest absolute Gasteiger partial charge is 0.348 e. The highest BCUT2D eigenvalue weighted by Gasteiger charge is 2.24. The van der Waals surface area contributed by atoms with Crippen LogP contribution in [0, 0.1) is 5.92 Å². The molecule has 0 unspecified atom stereocenters. The van der Waals surface area contributed by atoms with Gasteiger partial charge in [0.05, 0.1) is 11.2 Å². The van der Waals surface area contributed by atoms with Crippen molar-refractivity contribution >= 4 is 29.3 Å². The summed E-state index contributed by atoms with van der Waals surface area (Å²) < 4.78 is 0. The molecule has 1 aliphatic carbocycles. The van der Waals surface area contributed by atoms with E-state index >= 15 is 0 Å². The Balaban J connectivity index is 2.10. The summed E-state index contributed by atoms with van der Waals surface area (Å²) in [6.07, 6.45) is 7.97. The lowest BCUT2D eigenvalue weighted by Crippen LogP contribution is -2.41. The Morgan fingerprint density at radius 3 is 2.89 bits per heavy atom. The first-order valence-corrected chi connectivity index (χ1v) is 8.09. The molecule has 1 aromatic rings. The second-order valence-corrected chi connectivity index (χ2v) is 6.08. The van der Waals surface area contributed by atoms with E-state index < -0.39 is 0 Å². The van der Waals surface area contributed by atoms with E-state index in [0.29, 0.717) is 16.1 Å². The van der Waals surface area contributed by atoms with E-state index in [-0.39, 0.29) is 17.6 Å². The Hall–Kier alpha value is -0.810. The summed E-state index contributed by atoms with van der Waals surface area (Å²) in [7, 11) is 0. The van der Waals surface area contributed by atoms with Gasteiger partial charge >= 0.3 is 0 Å². The van der Waals surface area contributed by atoms with Gasteiger partial charge in [0.1, 0.15) is 0 Å². The van der Waals surface area contributed by atoms with E-state index in [0.717, 1.165) is 6.42 Å². The van der Waals surface area contributed by atoms with Crippen LogP contribution in [-0.2, 0) is 0 Å². The van der Waals surface area contributed by atoms with Crippen LogP contribution in [0.25, 0.3) is 0 Å². The van der Waals surface area contributed by atoms with Gasteiger partial charge in [-0.25, -0.2) is 9.97 Å². The zero-order valence-corrected chi connectivity index (χ0v) is 12.7. The van der Waals surface area contributed by atoms with E-state index in [1.54, 1.807) is 0 Å². The van der Waals surface area contributed by atoms with Crippen molar-refractivity contribution in [3.05, 3.63) is 16.9 Å². The van der Waals surface area contributed by atoms with Gasteiger partial charge in [0.15, 0.2) is 10.9 Å². The summed E-state index contributed by atoms with van der Waals surface area (Å²) in [5.41, 5.74) is 0.277. The molecule has 1 amide bonds. The number of nitrogens with one attached hydrogen (secondary N) is 1. The summed E-state index contributed by atoms with van der Waals surface area (Å²) in [6, 6.07) is 0.227. The first kappa shape index (κ1) is 14.6. The van der Waals surface area contributed by atoms with Crippen molar-refractivity contribution in [2.75, 3.05) is 6.26 Å². The van der Waals surface area contributed by atoms with Crippen LogP contribution in [0.5, 0.6) is 0 Å². The maximum atomic E-state index is 12.3. The van der Waals surface area contributed by atoms with E-state index in [1.165, 1.54) is 37.2 Å². The monoisotopic (exact) mass is 299 g/mol. The molecule has 2 atom stereocenters. The Bertz CT molecular complexity index is 469. The molecule has 4 nitrogen and oxygen atoms in total. The van der Waals surface area contributed by atoms with Crippen LogP contribution in [0.2, 0.25) is 5.02 Å². The molecule has 1 N–H and O–H groups in total. The highest BCUT2D eigenvalue weighted by atomic mass is 35.5. The molecule has 6 heteroatoms. The fourth-order valence-corrected chi connectivity index (χ4v) is 2.89. The second-order valence-electron chi connectivity index (χ2n) is 4.89. The van der Waals surface area contributed by atoms with E-state index in [1.807, 2.05) is 6.26 Å². The lowest BCUT2D eigenvalue weighted by molar-refractivity contribution is 0.0904. The summed E-state index contributed by atoms with van der Waals surface area (Å²) >= 11 is 7.40. The molecule has 104 valence electrons. The molecule has 0 aromatic carbocycles. The summed E-state index contributed by atoms with van der Waals surface area (Å²) in [6.45, 7) is 2.18. The van der Waals surface area contributed by atoms with Gasteiger partial charge in [0.2, 0.25) is 0 Å². The molecular formula is C13H18ClN3OS. The molecule has 1 aliphatic rings. The van der Waals surface area contributed by atoms with Crippen molar-refractivity contribution in [1.82, 2.24) is 15.3 Å². The first-order valence-electron chi connectivity index (χ1n) is 6.49. The molecule has 2 rings (SSSR count). The number of hydrogen-bond acceptors (Lipinski definition) is 4. The number of halogens is 1. The van der Waals surface area contributed by atoms with Crippen LogP contribution in [0.15, 0.2) is 11.4 Å². The van der Waals surface area contributed by atoms with Gasteiger partial charge in [-0.05, 0) is 25.0 Å². The molecule has 1 saturated carbocycles. The molecule has 19 heavy (non-hydrogen) atoms. The van der Waals surface area contributed by atoms with Gasteiger partial charge in [-0.15, -0.1) is 0 Å². The van der Waals surface area contributed by atoms with E-state index in [2.05, 4.69) is 22.2 Å². The zero-order chi connectivity index (χ0) is 13.8. The number of hydrogen-bond donors (Lipinski definition) is 1. The normalized spacial score (nSPS) is 23.1. The van der Waals surface area contributed by atoms with Gasteiger partial charge in [-0.2, -0.15) is 0 Å². The van der Waals surface area contributed by atoms with Crippen LogP contribution < -0.4 is 5.32 Å². The van der Waals surface area contributed by atoms with Crippen molar-refractivity contribution in [3.8, 4) is 0 Å². The third-order valence-corrected chi connectivity index (χ3v) is 4.39. The fourth-order valence-electron chi connectivity index (χ4n) is 2.38. The lowest BCUT2D eigenvalue weighted by Gasteiger charge is -2.29. The number of thioether (sulfide) groups is 1. The zero-order valence-electron chi connectivity index (χ0n) is 11.1. The molecule has 0 spiro atoms. The van der Waals surface area contributed by atoms with Crippen molar-refractivity contribution in [1.29, 1.82) is 0 Å². The van der Waals surface area contributed by atoms with Crippen molar-refractivity contribution in [3.63, 3.8) is 0 Å². The van der Waals surface area contributed by atoms with Gasteiger partial charge in [0, 0.05) is 6.04 Å². The molecular weight excluding hydrogens is 282 g/mol. The first-order chi connectivity index (χ1) is 9.11. The Kier molecular flexibility index (Phi) is 5.05. The smallest absolute Gasteiger partial charge is 0.271 e. The van der Waals surface area contributed by atoms with Gasteiger partial charge < -0.3 is 5.32 Å². The Morgan fingerprint density at radius 1 is 1.47 bits per heavy atom. The number of carbonyl (C=O) groups is 1. The number of amides is 1. The molecule has 0 aliphatic heterocycles. The predicted molar refractivity (Wildman–Crippen MR) is 77.7 cm³/mol. The van der Waals surface area contributed by atoms with Crippen LogP contribution in [-0.4, -0.2) is 28.2 Å². The van der Waals surface area contributed by atoms with Gasteiger partial charge in [-0.3, -0.25) is 4.79 Å². The maximum Gasteiger partial charge on any atom is 0.271 e. The third kappa shape index (κ3) is 3.60. The van der Waals surface area contributed by atoms with Crippen LogP contribution in [0.1, 0.15) is 43.1 Å². The molecule has 1 aromatic heterocycles. The standard InChI is InChI=1S/C13H18ClN3OS/c1-8-5-3-4-6-10(8)16-12(18)11-9(14)7-15-13(17-11)19-2/h7-8,10H,3-6H2,1-2H3,(H,16,18)/t8-,10-/m0/s1. The summed E-state index contributed by atoms with van der Waals surface area (Å²) in [5, 5.41) is 3.92. The topological polar surface area (TPSA) is 54.9 Å². The number of aromatic nitrogens is 2. The highest BCUT2D eigenvalue weighted by Crippen LogP contribution is 2.24. The molecule has 0 bridgehead atoms. The quantitative estimate of drug-likeness (QED) is 0.688. The SMILES string of the molecule is CSc1ncc(Cl)c(C(=O)N[C@H]2CCCC[C@@H]2C)n1.